The van der Waals surface area contributed by atoms with E-state index in [1.54, 1.807) is 0 Å². The fourth-order valence-electron chi connectivity index (χ4n) is 3.81. The molecule has 1 aliphatic carbocycles. The molecule has 1 unspecified atom stereocenters. The van der Waals surface area contributed by atoms with E-state index >= 15 is 0 Å². The molecule has 21 heavy (non-hydrogen) atoms. The Morgan fingerprint density at radius 3 is 2.43 bits per heavy atom. The van der Waals surface area contributed by atoms with E-state index in [1.807, 2.05) is 12.4 Å². The standard InChI is InChI=1S/C17H28BrN3/c1-19-16(11-14-10-15(18)13-20-12-14)17(21(2)3)8-6-4-5-7-9-17/h10,12-13,16,19H,4-9,11H2,1-3H3. The molecule has 0 spiro atoms. The van der Waals surface area contributed by atoms with Crippen molar-refractivity contribution in [2.75, 3.05) is 21.1 Å². The molecule has 118 valence electrons. The quantitative estimate of drug-likeness (QED) is 0.819. The van der Waals surface area contributed by atoms with Gasteiger partial charge in [0.1, 0.15) is 0 Å². The molecule has 0 aromatic carbocycles. The highest BCUT2D eigenvalue weighted by Crippen LogP contribution is 2.35. The Hall–Kier alpha value is -0.450. The predicted molar refractivity (Wildman–Crippen MR) is 92.6 cm³/mol. The van der Waals surface area contributed by atoms with Gasteiger partial charge in [0.05, 0.1) is 0 Å². The van der Waals surface area contributed by atoms with E-state index in [4.69, 9.17) is 0 Å². The van der Waals surface area contributed by atoms with E-state index < -0.39 is 0 Å². The molecule has 1 heterocycles. The maximum absolute atomic E-state index is 4.31. The van der Waals surface area contributed by atoms with Crippen LogP contribution in [0.2, 0.25) is 0 Å². The smallest absolute Gasteiger partial charge is 0.0410 e. The van der Waals surface area contributed by atoms with Crippen LogP contribution in [0.4, 0.5) is 0 Å². The van der Waals surface area contributed by atoms with Crippen molar-refractivity contribution in [3.63, 3.8) is 0 Å². The topological polar surface area (TPSA) is 28.2 Å². The molecule has 1 aromatic rings. The highest BCUT2D eigenvalue weighted by atomic mass is 79.9. The lowest BCUT2D eigenvalue weighted by Gasteiger charge is -2.46. The summed E-state index contributed by atoms with van der Waals surface area (Å²) < 4.78 is 1.06. The Morgan fingerprint density at radius 2 is 1.90 bits per heavy atom. The van der Waals surface area contributed by atoms with Crippen molar-refractivity contribution in [2.45, 2.75) is 56.5 Å². The van der Waals surface area contributed by atoms with Crippen molar-refractivity contribution in [1.82, 2.24) is 15.2 Å². The second kappa shape index (κ2) is 7.70. The normalized spacial score (nSPS) is 20.2. The van der Waals surface area contributed by atoms with Crippen LogP contribution in [-0.2, 0) is 6.42 Å². The van der Waals surface area contributed by atoms with Gasteiger partial charge in [0.15, 0.2) is 0 Å². The van der Waals surface area contributed by atoms with Crippen LogP contribution in [0.5, 0.6) is 0 Å². The zero-order chi connectivity index (χ0) is 15.3. The molecule has 1 atom stereocenters. The Morgan fingerprint density at radius 1 is 1.24 bits per heavy atom. The molecule has 3 nitrogen and oxygen atoms in total. The number of nitrogens with zero attached hydrogens (tertiary/aromatic N) is 2. The highest BCUT2D eigenvalue weighted by molar-refractivity contribution is 9.10. The summed E-state index contributed by atoms with van der Waals surface area (Å²) in [5.74, 6) is 0. The van der Waals surface area contributed by atoms with E-state index in [9.17, 15) is 0 Å². The second-order valence-electron chi connectivity index (χ2n) is 6.47. The van der Waals surface area contributed by atoms with Crippen molar-refractivity contribution < 1.29 is 0 Å². The third kappa shape index (κ3) is 4.05. The summed E-state index contributed by atoms with van der Waals surface area (Å²) in [6.45, 7) is 0. The number of pyridine rings is 1. The number of halogens is 1. The summed E-state index contributed by atoms with van der Waals surface area (Å²) in [6.07, 6.45) is 12.9. The van der Waals surface area contributed by atoms with Gasteiger partial charge < -0.3 is 10.2 Å². The molecule has 1 fully saturated rings. The fourth-order valence-corrected chi connectivity index (χ4v) is 4.22. The van der Waals surface area contributed by atoms with Crippen LogP contribution in [0.3, 0.4) is 0 Å². The average Bonchev–Trinajstić information content (AvgIpc) is 2.71. The Balaban J connectivity index is 2.23. The van der Waals surface area contributed by atoms with Gasteiger partial charge in [-0.3, -0.25) is 4.98 Å². The molecule has 0 aliphatic heterocycles. The van der Waals surface area contributed by atoms with Crippen molar-refractivity contribution in [3.05, 3.63) is 28.5 Å². The maximum Gasteiger partial charge on any atom is 0.0410 e. The van der Waals surface area contributed by atoms with Crippen LogP contribution in [0.25, 0.3) is 0 Å². The van der Waals surface area contributed by atoms with E-state index in [0.29, 0.717) is 6.04 Å². The molecule has 0 saturated heterocycles. The summed E-state index contributed by atoms with van der Waals surface area (Å²) in [7, 11) is 6.59. The van der Waals surface area contributed by atoms with E-state index in [0.717, 1.165) is 10.9 Å². The predicted octanol–water partition coefficient (Wildman–Crippen LogP) is 3.63. The van der Waals surface area contributed by atoms with Gasteiger partial charge in [0, 0.05) is 28.4 Å². The fraction of sp³-hybridized carbons (Fsp3) is 0.706. The molecule has 0 amide bonds. The third-order valence-corrected chi connectivity index (χ3v) is 5.49. The monoisotopic (exact) mass is 353 g/mol. The maximum atomic E-state index is 4.31. The number of likely N-dealkylation sites (N-methyl/N-ethyl adjacent to an activating group) is 2. The number of hydrogen-bond donors (Lipinski definition) is 1. The lowest BCUT2D eigenvalue weighted by molar-refractivity contribution is 0.0835. The van der Waals surface area contributed by atoms with Gasteiger partial charge in [-0.2, -0.15) is 0 Å². The minimum Gasteiger partial charge on any atom is -0.315 e. The zero-order valence-electron chi connectivity index (χ0n) is 13.5. The summed E-state index contributed by atoms with van der Waals surface area (Å²) in [6, 6.07) is 2.65. The number of hydrogen-bond acceptors (Lipinski definition) is 3. The molecular formula is C17H28BrN3. The molecule has 2 rings (SSSR count). The molecule has 0 bridgehead atoms. The second-order valence-corrected chi connectivity index (χ2v) is 7.38. The van der Waals surface area contributed by atoms with Crippen LogP contribution in [-0.4, -0.2) is 42.6 Å². The van der Waals surface area contributed by atoms with E-state index in [1.165, 1.54) is 44.1 Å². The summed E-state index contributed by atoms with van der Waals surface area (Å²) in [4.78, 5) is 6.78. The minimum atomic E-state index is 0.258. The van der Waals surface area contributed by atoms with Gasteiger partial charge in [-0.15, -0.1) is 0 Å². The van der Waals surface area contributed by atoms with Crippen molar-refractivity contribution in [2.24, 2.45) is 0 Å². The summed E-state index contributed by atoms with van der Waals surface area (Å²) >= 11 is 3.53. The number of nitrogens with one attached hydrogen (secondary N) is 1. The van der Waals surface area contributed by atoms with Crippen molar-refractivity contribution in [3.8, 4) is 0 Å². The van der Waals surface area contributed by atoms with Gasteiger partial charge in [-0.05, 0) is 68.0 Å². The van der Waals surface area contributed by atoms with Gasteiger partial charge in [0.25, 0.3) is 0 Å². The number of rotatable bonds is 5. The largest absolute Gasteiger partial charge is 0.315 e. The third-order valence-electron chi connectivity index (χ3n) is 5.06. The molecule has 0 radical (unpaired) electrons. The molecule has 1 saturated carbocycles. The first-order chi connectivity index (χ1) is 10.1. The van der Waals surface area contributed by atoms with E-state index in [2.05, 4.69) is 58.3 Å². The first kappa shape index (κ1) is 16.9. The van der Waals surface area contributed by atoms with Crippen LogP contribution < -0.4 is 5.32 Å². The lowest BCUT2D eigenvalue weighted by atomic mass is 9.79. The zero-order valence-corrected chi connectivity index (χ0v) is 15.1. The summed E-state index contributed by atoms with van der Waals surface area (Å²) in [5, 5.41) is 3.60. The Bertz CT molecular complexity index is 439. The molecular weight excluding hydrogens is 326 g/mol. The van der Waals surface area contributed by atoms with Gasteiger partial charge >= 0.3 is 0 Å². The SMILES string of the molecule is CNC(Cc1cncc(Br)c1)C1(N(C)C)CCCCCC1. The van der Waals surface area contributed by atoms with Gasteiger partial charge in [-0.25, -0.2) is 0 Å². The number of aromatic nitrogens is 1. The van der Waals surface area contributed by atoms with Gasteiger partial charge in [0.2, 0.25) is 0 Å². The molecule has 1 aliphatic rings. The molecule has 1 N–H and O–H groups in total. The van der Waals surface area contributed by atoms with Gasteiger partial charge in [-0.1, -0.05) is 25.7 Å². The first-order valence-corrected chi connectivity index (χ1v) is 8.82. The van der Waals surface area contributed by atoms with Crippen LogP contribution in [0, 0.1) is 0 Å². The Labute approximate surface area is 137 Å². The van der Waals surface area contributed by atoms with Crippen molar-refractivity contribution >= 4 is 15.9 Å². The van der Waals surface area contributed by atoms with Crippen LogP contribution >= 0.6 is 15.9 Å². The average molecular weight is 354 g/mol. The highest BCUT2D eigenvalue weighted by Gasteiger charge is 2.40. The Kier molecular flexibility index (Phi) is 6.20. The van der Waals surface area contributed by atoms with Crippen molar-refractivity contribution in [1.29, 1.82) is 0 Å². The minimum absolute atomic E-state index is 0.258. The van der Waals surface area contributed by atoms with E-state index in [-0.39, 0.29) is 5.54 Å². The van der Waals surface area contributed by atoms with Crippen LogP contribution in [0.1, 0.15) is 44.1 Å². The van der Waals surface area contributed by atoms with Crippen LogP contribution in [0.15, 0.2) is 22.9 Å². The molecule has 4 heteroatoms. The lowest BCUT2D eigenvalue weighted by Crippen LogP contribution is -2.59. The molecule has 1 aromatic heterocycles. The summed E-state index contributed by atoms with van der Waals surface area (Å²) in [5.41, 5.74) is 1.56. The first-order valence-electron chi connectivity index (χ1n) is 8.02.